The number of amides is 8. The summed E-state index contributed by atoms with van der Waals surface area (Å²) in [6, 6.07) is -3.58. The van der Waals surface area contributed by atoms with Gasteiger partial charge in [-0.3, -0.25) is 48.1 Å². The molecule has 0 saturated carbocycles. The molecule has 342 valence electrons. The van der Waals surface area contributed by atoms with Crippen LogP contribution < -0.4 is 54.8 Å². The van der Waals surface area contributed by atoms with Gasteiger partial charge in [0.1, 0.15) is 42.0 Å². The zero-order valence-corrected chi connectivity index (χ0v) is 33.5. The number of guanidine groups is 1. The number of phenolic OH excluding ortho intramolecular Hbond substituents is 1. The number of carboxylic acids is 2. The Balaban J connectivity index is 2.18. The van der Waals surface area contributed by atoms with Crippen LogP contribution in [0.4, 0.5) is 0 Å². The van der Waals surface area contributed by atoms with E-state index < -0.39 is 122 Å². The summed E-state index contributed by atoms with van der Waals surface area (Å²) < 4.78 is 0. The van der Waals surface area contributed by atoms with Crippen molar-refractivity contribution in [2.75, 3.05) is 32.8 Å². The Morgan fingerprint density at radius 3 is 1.98 bits per heavy atom. The van der Waals surface area contributed by atoms with Gasteiger partial charge in [0.2, 0.25) is 47.3 Å². The Kier molecular flexibility index (Phi) is 21.0. The SMILES string of the molecule is NCC(=O)N[C@@H](CCCN=C(N)N)C(=O)NCC(=O)N[C@@H](CC(=O)O)C(=O)N[C@@H](CO)C(=O)N1CCC[C@H]1C(=O)N[C@@H](Cc1ccc(O)cc1)C(=O)N[C@@H](CCC(N)=O)C(=O)O. The number of phenols is 1. The molecule has 0 spiro atoms. The number of nitrogens with two attached hydrogens (primary N) is 4. The van der Waals surface area contributed by atoms with Crippen molar-refractivity contribution in [2.45, 2.75) is 87.6 Å². The highest BCUT2D eigenvalue weighted by molar-refractivity contribution is 5.98. The van der Waals surface area contributed by atoms with Gasteiger partial charge in [-0.1, -0.05) is 12.1 Å². The molecule has 26 nitrogen and oxygen atoms in total. The minimum Gasteiger partial charge on any atom is -0.508 e. The number of aliphatic carboxylic acids is 2. The van der Waals surface area contributed by atoms with Crippen molar-refractivity contribution >= 4 is 65.2 Å². The normalized spacial score (nSPS) is 15.6. The van der Waals surface area contributed by atoms with Crippen molar-refractivity contribution in [3.63, 3.8) is 0 Å². The van der Waals surface area contributed by atoms with Crippen LogP contribution in [0, 0.1) is 0 Å². The maximum Gasteiger partial charge on any atom is 0.326 e. The van der Waals surface area contributed by atoms with Gasteiger partial charge in [0.15, 0.2) is 5.96 Å². The number of rotatable bonds is 26. The molecular formula is C36H54N12O14. The lowest BCUT2D eigenvalue weighted by molar-refractivity contribution is -0.145. The zero-order valence-electron chi connectivity index (χ0n) is 33.5. The molecule has 0 aliphatic carbocycles. The minimum atomic E-state index is -1.85. The van der Waals surface area contributed by atoms with E-state index in [0.29, 0.717) is 5.56 Å². The largest absolute Gasteiger partial charge is 0.508 e. The van der Waals surface area contributed by atoms with Gasteiger partial charge in [-0.2, -0.15) is 0 Å². The van der Waals surface area contributed by atoms with E-state index in [-0.39, 0.29) is 69.7 Å². The van der Waals surface area contributed by atoms with Crippen molar-refractivity contribution in [3.05, 3.63) is 29.8 Å². The number of hydrogen-bond acceptors (Lipinski definition) is 14. The molecular weight excluding hydrogens is 824 g/mol. The number of likely N-dealkylation sites (tertiary alicyclic amines) is 1. The van der Waals surface area contributed by atoms with E-state index in [1.54, 1.807) is 0 Å². The summed E-state index contributed by atoms with van der Waals surface area (Å²) in [5.74, 6) is -10.8. The van der Waals surface area contributed by atoms with Crippen LogP contribution in [0.25, 0.3) is 0 Å². The highest BCUT2D eigenvalue weighted by Crippen LogP contribution is 2.20. The van der Waals surface area contributed by atoms with Gasteiger partial charge >= 0.3 is 11.9 Å². The lowest BCUT2D eigenvalue weighted by atomic mass is 10.0. The maximum atomic E-state index is 13.7. The molecule has 62 heavy (non-hydrogen) atoms. The van der Waals surface area contributed by atoms with E-state index in [2.05, 4.69) is 36.9 Å². The monoisotopic (exact) mass is 878 g/mol. The van der Waals surface area contributed by atoms with Gasteiger partial charge in [0, 0.05) is 25.9 Å². The number of aliphatic hydroxyl groups excluding tert-OH is 1. The second-order valence-electron chi connectivity index (χ2n) is 14.0. The van der Waals surface area contributed by atoms with Gasteiger partial charge < -0.3 is 80.2 Å². The Morgan fingerprint density at radius 1 is 0.774 bits per heavy atom. The van der Waals surface area contributed by atoms with Crippen LogP contribution in [0.3, 0.4) is 0 Å². The molecule has 0 bridgehead atoms. The molecule has 1 fully saturated rings. The number of primary amides is 1. The molecule has 1 aliphatic rings. The van der Waals surface area contributed by atoms with Crippen molar-refractivity contribution in [1.82, 2.24) is 36.8 Å². The predicted octanol–water partition coefficient (Wildman–Crippen LogP) is -6.70. The molecule has 1 aliphatic heterocycles. The van der Waals surface area contributed by atoms with E-state index in [4.69, 9.17) is 22.9 Å². The smallest absolute Gasteiger partial charge is 0.326 e. The number of aliphatic hydroxyl groups is 1. The number of benzene rings is 1. The van der Waals surface area contributed by atoms with E-state index in [1.165, 1.54) is 24.3 Å². The van der Waals surface area contributed by atoms with E-state index in [9.17, 15) is 68.4 Å². The third-order valence-corrected chi connectivity index (χ3v) is 9.17. The summed E-state index contributed by atoms with van der Waals surface area (Å²) in [7, 11) is 0. The maximum absolute atomic E-state index is 13.7. The second kappa shape index (κ2) is 25.5. The molecule has 8 amide bonds. The van der Waals surface area contributed by atoms with Crippen LogP contribution in [-0.2, 0) is 54.4 Å². The summed E-state index contributed by atoms with van der Waals surface area (Å²) in [6.07, 6.45) is -1.42. The highest BCUT2D eigenvalue weighted by Gasteiger charge is 2.40. The topological polar surface area (TPSA) is 443 Å². The number of aromatic hydroxyl groups is 1. The zero-order chi connectivity index (χ0) is 46.5. The Bertz CT molecular complexity index is 1820. The fourth-order valence-corrected chi connectivity index (χ4v) is 6.07. The predicted molar refractivity (Wildman–Crippen MR) is 214 cm³/mol. The first kappa shape index (κ1) is 51.1. The van der Waals surface area contributed by atoms with Crippen LogP contribution >= 0.6 is 0 Å². The quantitative estimate of drug-likeness (QED) is 0.0234. The van der Waals surface area contributed by atoms with E-state index >= 15 is 0 Å². The van der Waals surface area contributed by atoms with Crippen LogP contribution in [-0.4, -0.2) is 160 Å². The van der Waals surface area contributed by atoms with Gasteiger partial charge in [-0.05, 0) is 49.8 Å². The van der Waals surface area contributed by atoms with Crippen molar-refractivity contribution in [1.29, 1.82) is 0 Å². The number of carbonyl (C=O) groups excluding carboxylic acids is 8. The average molecular weight is 879 g/mol. The third-order valence-electron chi connectivity index (χ3n) is 9.17. The molecule has 6 atom stereocenters. The lowest BCUT2D eigenvalue weighted by Crippen LogP contribution is -2.60. The summed E-state index contributed by atoms with van der Waals surface area (Å²) >= 11 is 0. The fourth-order valence-electron chi connectivity index (χ4n) is 6.07. The number of hydrogen-bond donors (Lipinski definition) is 14. The molecule has 0 radical (unpaired) electrons. The minimum absolute atomic E-state index is 0.0265. The number of nitrogens with zero attached hydrogens (tertiary/aromatic N) is 2. The number of nitrogens with one attached hydrogen (secondary N) is 6. The first-order valence-electron chi connectivity index (χ1n) is 19.2. The van der Waals surface area contributed by atoms with Crippen molar-refractivity contribution in [2.24, 2.45) is 27.9 Å². The van der Waals surface area contributed by atoms with Crippen LogP contribution in [0.5, 0.6) is 5.75 Å². The molecule has 1 saturated heterocycles. The standard InChI is InChI=1S/C36H54N12O14/c37-15-27(52)43-20(3-1-11-41-36(39)40)30(56)42-16-28(53)44-23(14-29(54)55)32(58)47-24(17-49)34(60)48-12-2-4-25(48)33(59)46-22(13-18-5-7-19(50)8-6-18)31(57)45-21(35(61)62)9-10-26(38)51/h5-8,20-25,49-50H,1-4,9-17,37H2,(H2,38,51)(H,42,56)(H,43,52)(H,44,53)(H,45,57)(H,46,59)(H,47,58)(H,54,55)(H,61,62)(H4,39,40,41)/t20-,21-,22-,23-,24-,25-/m0/s1. The molecule has 2 rings (SSSR count). The molecule has 18 N–H and O–H groups in total. The molecule has 1 heterocycles. The average Bonchev–Trinajstić information content (AvgIpc) is 3.71. The summed E-state index contributed by atoms with van der Waals surface area (Å²) in [4.78, 5) is 131. The van der Waals surface area contributed by atoms with Crippen LogP contribution in [0.15, 0.2) is 29.3 Å². The summed E-state index contributed by atoms with van der Waals surface area (Å²) in [6.45, 7) is -2.26. The number of aliphatic imine (C=N–C) groups is 1. The molecule has 1 aromatic carbocycles. The highest BCUT2D eigenvalue weighted by atomic mass is 16.4. The molecule has 26 heteroatoms. The van der Waals surface area contributed by atoms with Gasteiger partial charge in [0.05, 0.1) is 26.1 Å². The lowest BCUT2D eigenvalue weighted by Gasteiger charge is -2.30. The van der Waals surface area contributed by atoms with Crippen LogP contribution in [0.1, 0.15) is 50.5 Å². The van der Waals surface area contributed by atoms with Gasteiger partial charge in [-0.15, -0.1) is 0 Å². The van der Waals surface area contributed by atoms with Crippen molar-refractivity contribution < 1.29 is 68.4 Å². The fraction of sp³-hybridized carbons (Fsp3) is 0.528. The van der Waals surface area contributed by atoms with E-state index in [0.717, 1.165) is 4.90 Å². The summed E-state index contributed by atoms with van der Waals surface area (Å²) in [5.41, 5.74) is 21.4. The van der Waals surface area contributed by atoms with E-state index in [1.807, 2.05) is 0 Å². The molecule has 0 unspecified atom stereocenters. The number of carboxylic acid groups (broad SMARTS) is 2. The summed E-state index contributed by atoms with van der Waals surface area (Å²) in [5, 5.41) is 52.6. The van der Waals surface area contributed by atoms with Crippen LogP contribution in [0.2, 0.25) is 0 Å². The second-order valence-corrected chi connectivity index (χ2v) is 14.0. The Labute approximate surface area is 353 Å². The first-order chi connectivity index (χ1) is 29.2. The Hall–Kier alpha value is -7.09. The first-order valence-corrected chi connectivity index (χ1v) is 19.2. The van der Waals surface area contributed by atoms with Gasteiger partial charge in [0.25, 0.3) is 0 Å². The molecule has 0 aromatic heterocycles. The van der Waals surface area contributed by atoms with Gasteiger partial charge in [-0.25, -0.2) is 4.79 Å². The van der Waals surface area contributed by atoms with Crippen molar-refractivity contribution in [3.8, 4) is 5.75 Å². The third kappa shape index (κ3) is 17.6. The number of carbonyl (C=O) groups is 10. The molecule has 1 aromatic rings. The Morgan fingerprint density at radius 2 is 1.40 bits per heavy atom.